The minimum absolute atomic E-state index is 0.220. The quantitative estimate of drug-likeness (QED) is 0.0531. The highest BCUT2D eigenvalue weighted by Crippen LogP contribution is 2.10. The van der Waals surface area contributed by atoms with Crippen molar-refractivity contribution in [3.8, 4) is 0 Å². The van der Waals surface area contributed by atoms with Crippen molar-refractivity contribution in [1.29, 1.82) is 0 Å². The van der Waals surface area contributed by atoms with Crippen LogP contribution in [0, 0.1) is 0 Å². The van der Waals surface area contributed by atoms with Gasteiger partial charge in [0.05, 0.1) is 0 Å². The van der Waals surface area contributed by atoms with Crippen LogP contribution in [0.4, 0.5) is 0 Å². The van der Waals surface area contributed by atoms with Crippen LogP contribution in [0.3, 0.4) is 0 Å². The highest BCUT2D eigenvalue weighted by Gasteiger charge is 2.02. The van der Waals surface area contributed by atoms with Gasteiger partial charge in [-0.25, -0.2) is 0 Å². The molecule has 0 amide bonds. The molecule has 0 aromatic rings. The van der Waals surface area contributed by atoms with Gasteiger partial charge >= 0.3 is 0 Å². The average Bonchev–Trinajstić information content (AvgIpc) is 2.98. The van der Waals surface area contributed by atoms with E-state index in [2.05, 4.69) is 116 Å². The number of rotatable bonds is 28. The second kappa shape index (κ2) is 34.2. The second-order valence-corrected chi connectivity index (χ2v) is 10.8. The van der Waals surface area contributed by atoms with E-state index >= 15 is 0 Å². The molecule has 2 nitrogen and oxygen atoms in total. The Balaban J connectivity index is 3.58. The summed E-state index contributed by atoms with van der Waals surface area (Å²) < 4.78 is 0. The Hall–Kier alpha value is -3.00. The summed E-state index contributed by atoms with van der Waals surface area (Å²) in [5.74, 6) is 0.580. The van der Waals surface area contributed by atoms with Crippen LogP contribution in [-0.4, -0.2) is 11.6 Å². The maximum absolute atomic E-state index is 11.8. The molecule has 0 bridgehead atoms. The van der Waals surface area contributed by atoms with Crippen molar-refractivity contribution in [3.63, 3.8) is 0 Å². The van der Waals surface area contributed by atoms with E-state index in [1.165, 1.54) is 38.5 Å². The zero-order valence-corrected chi connectivity index (χ0v) is 26.9. The highest BCUT2D eigenvalue weighted by molar-refractivity contribution is 5.78. The van der Waals surface area contributed by atoms with Crippen molar-refractivity contribution in [1.82, 2.24) is 0 Å². The summed E-state index contributed by atoms with van der Waals surface area (Å²) in [6, 6.07) is 0. The third kappa shape index (κ3) is 35.0. The van der Waals surface area contributed by atoms with Crippen molar-refractivity contribution in [2.24, 2.45) is 0 Å². The zero-order chi connectivity index (χ0) is 30.6. The topological polar surface area (TPSA) is 34.1 Å². The van der Waals surface area contributed by atoms with E-state index < -0.39 is 0 Å². The number of allylic oxidation sites excluding steroid dienone is 18. The van der Waals surface area contributed by atoms with Gasteiger partial charge in [0.2, 0.25) is 0 Å². The van der Waals surface area contributed by atoms with Crippen molar-refractivity contribution in [3.05, 3.63) is 109 Å². The smallest absolute Gasteiger partial charge is 0.132 e. The maximum Gasteiger partial charge on any atom is 0.132 e. The summed E-state index contributed by atoms with van der Waals surface area (Å²) in [4.78, 5) is 22.7. The van der Waals surface area contributed by atoms with Crippen molar-refractivity contribution >= 4 is 11.6 Å². The van der Waals surface area contributed by atoms with Gasteiger partial charge in [-0.2, -0.15) is 0 Å². The van der Waals surface area contributed by atoms with Crippen LogP contribution in [0.2, 0.25) is 0 Å². The highest BCUT2D eigenvalue weighted by atomic mass is 16.1. The molecule has 0 rings (SSSR count). The summed E-state index contributed by atoms with van der Waals surface area (Å²) in [7, 11) is 0. The summed E-state index contributed by atoms with van der Waals surface area (Å²) in [6.07, 6.45) is 57.2. The molecule has 0 N–H and O–H groups in total. The van der Waals surface area contributed by atoms with E-state index in [0.717, 1.165) is 57.8 Å². The van der Waals surface area contributed by atoms with Gasteiger partial charge in [0.25, 0.3) is 0 Å². The molecule has 0 saturated heterocycles. The summed E-state index contributed by atoms with van der Waals surface area (Å²) in [5, 5.41) is 0. The Morgan fingerprint density at radius 2 is 0.738 bits per heavy atom. The SMILES string of the molecule is CCCCC=CC=CC=CC=CCCC=CCCC=CC=CC=CC=CCCCCCCCC(=O)CCCCC(C)=O. The molecular weight excluding hydrogens is 512 g/mol. The first-order valence-corrected chi connectivity index (χ1v) is 16.6. The summed E-state index contributed by atoms with van der Waals surface area (Å²) in [5.41, 5.74) is 0. The molecule has 0 unspecified atom stereocenters. The Morgan fingerprint density at radius 1 is 0.381 bits per heavy atom. The fraction of sp³-hybridized carbons (Fsp3) is 0.500. The van der Waals surface area contributed by atoms with Gasteiger partial charge < -0.3 is 4.79 Å². The van der Waals surface area contributed by atoms with E-state index in [-0.39, 0.29) is 5.78 Å². The van der Waals surface area contributed by atoms with Gasteiger partial charge in [-0.15, -0.1) is 0 Å². The molecule has 0 radical (unpaired) electrons. The molecule has 0 aliphatic carbocycles. The number of Topliss-reactive ketones (excluding diaryl/α,β-unsaturated/α-hetero) is 2. The van der Waals surface area contributed by atoms with E-state index in [4.69, 9.17) is 0 Å². The number of carbonyl (C=O) groups is 2. The van der Waals surface area contributed by atoms with Crippen LogP contribution in [0.25, 0.3) is 0 Å². The summed E-state index contributed by atoms with van der Waals surface area (Å²) >= 11 is 0. The lowest BCUT2D eigenvalue weighted by molar-refractivity contribution is -0.120. The van der Waals surface area contributed by atoms with Crippen molar-refractivity contribution in [2.45, 2.75) is 129 Å². The minimum Gasteiger partial charge on any atom is -0.300 e. The Kier molecular flexibility index (Phi) is 31.8. The second-order valence-electron chi connectivity index (χ2n) is 10.8. The lowest BCUT2D eigenvalue weighted by Crippen LogP contribution is -1.98. The predicted octanol–water partition coefficient (Wildman–Crippen LogP) is 12.2. The van der Waals surface area contributed by atoms with Crippen molar-refractivity contribution in [2.75, 3.05) is 0 Å². The largest absolute Gasteiger partial charge is 0.300 e. The normalized spacial score (nSPS) is 13.1. The molecule has 0 fully saturated rings. The lowest BCUT2D eigenvalue weighted by atomic mass is 10.0. The zero-order valence-electron chi connectivity index (χ0n) is 26.9. The molecule has 42 heavy (non-hydrogen) atoms. The average molecular weight is 573 g/mol. The first-order valence-electron chi connectivity index (χ1n) is 16.6. The summed E-state index contributed by atoms with van der Waals surface area (Å²) in [6.45, 7) is 3.83. The lowest BCUT2D eigenvalue weighted by Gasteiger charge is -2.01. The Bertz CT molecular complexity index is 902. The monoisotopic (exact) mass is 572 g/mol. The standard InChI is InChI=1S/C40H60O2/c1-3-4-5-6-7-8-9-10-11-12-13-14-15-16-17-18-19-20-21-22-23-24-25-26-27-28-29-30-31-32-33-37-40(42)38-35-34-36-39(2)41/h6-13,16-17,20-27H,3-5,14-15,18-19,28-38H2,1-2H3. The van der Waals surface area contributed by atoms with E-state index in [1.807, 2.05) is 0 Å². The first-order chi connectivity index (χ1) is 20.7. The van der Waals surface area contributed by atoms with Gasteiger partial charge in [-0.1, -0.05) is 148 Å². The van der Waals surface area contributed by atoms with Crippen LogP contribution >= 0.6 is 0 Å². The molecule has 0 atom stereocenters. The number of hydrogen-bond acceptors (Lipinski definition) is 2. The molecule has 0 heterocycles. The predicted molar refractivity (Wildman–Crippen MR) is 187 cm³/mol. The molecule has 0 aromatic carbocycles. The van der Waals surface area contributed by atoms with Crippen LogP contribution in [-0.2, 0) is 9.59 Å². The van der Waals surface area contributed by atoms with Crippen LogP contribution < -0.4 is 0 Å². The van der Waals surface area contributed by atoms with E-state index in [1.54, 1.807) is 6.92 Å². The van der Waals surface area contributed by atoms with E-state index in [0.29, 0.717) is 25.0 Å². The van der Waals surface area contributed by atoms with Crippen LogP contribution in [0.5, 0.6) is 0 Å². The third-order valence-corrected chi connectivity index (χ3v) is 6.61. The molecule has 0 saturated carbocycles. The van der Waals surface area contributed by atoms with Gasteiger partial charge in [0, 0.05) is 19.3 Å². The number of hydrogen-bond donors (Lipinski definition) is 0. The molecule has 2 heteroatoms. The molecule has 0 spiro atoms. The van der Waals surface area contributed by atoms with Gasteiger partial charge in [0.1, 0.15) is 11.6 Å². The first kappa shape index (κ1) is 39.0. The molecule has 232 valence electrons. The third-order valence-electron chi connectivity index (χ3n) is 6.61. The van der Waals surface area contributed by atoms with Crippen LogP contribution in [0.1, 0.15) is 129 Å². The minimum atomic E-state index is 0.220. The van der Waals surface area contributed by atoms with Crippen molar-refractivity contribution < 1.29 is 9.59 Å². The van der Waals surface area contributed by atoms with Gasteiger partial charge in [-0.05, 0) is 71.1 Å². The number of ketones is 2. The van der Waals surface area contributed by atoms with Crippen LogP contribution in [0.15, 0.2) is 109 Å². The van der Waals surface area contributed by atoms with Gasteiger partial charge in [0.15, 0.2) is 0 Å². The number of carbonyl (C=O) groups excluding carboxylic acids is 2. The fourth-order valence-electron chi connectivity index (χ4n) is 4.09. The molecule has 0 aliphatic rings. The number of unbranched alkanes of at least 4 members (excludes halogenated alkanes) is 10. The van der Waals surface area contributed by atoms with Gasteiger partial charge in [-0.3, -0.25) is 4.79 Å². The Morgan fingerprint density at radius 3 is 1.24 bits per heavy atom. The maximum atomic E-state index is 11.8. The molecular formula is C40H60O2. The molecule has 0 aliphatic heterocycles. The molecule has 0 aromatic heterocycles. The fourth-order valence-corrected chi connectivity index (χ4v) is 4.09. The Labute approximate surface area is 259 Å². The van der Waals surface area contributed by atoms with E-state index in [9.17, 15) is 9.59 Å².